The maximum absolute atomic E-state index is 12.8. The maximum atomic E-state index is 12.8. The van der Waals surface area contributed by atoms with Gasteiger partial charge in [0, 0.05) is 36.6 Å². The Balaban J connectivity index is 2.23. The topological polar surface area (TPSA) is 37.3 Å². The van der Waals surface area contributed by atoms with E-state index in [4.69, 9.17) is 0 Å². The summed E-state index contributed by atoms with van der Waals surface area (Å²) in [6, 6.07) is 2.87. The molecule has 0 aromatic carbocycles. The van der Waals surface area contributed by atoms with Gasteiger partial charge in [-0.25, -0.2) is 0 Å². The highest BCUT2D eigenvalue weighted by atomic mass is 16.2. The molecule has 1 aliphatic heterocycles. The summed E-state index contributed by atoms with van der Waals surface area (Å²) >= 11 is 0. The second-order valence-electron chi connectivity index (χ2n) is 6.13. The average molecular weight is 277 g/mol. The van der Waals surface area contributed by atoms with Crippen molar-refractivity contribution in [2.24, 2.45) is 0 Å². The summed E-state index contributed by atoms with van der Waals surface area (Å²) in [5, 5.41) is 3.29. The molecule has 0 bridgehead atoms. The lowest BCUT2D eigenvalue weighted by Crippen LogP contribution is -2.47. The van der Waals surface area contributed by atoms with E-state index in [0.29, 0.717) is 12.1 Å². The van der Waals surface area contributed by atoms with Crippen LogP contribution in [0.4, 0.5) is 0 Å². The zero-order valence-corrected chi connectivity index (χ0v) is 13.4. The molecule has 1 aliphatic rings. The number of aromatic nitrogens is 1. The largest absolute Gasteiger partial charge is 0.346 e. The van der Waals surface area contributed by atoms with Gasteiger partial charge in [-0.1, -0.05) is 0 Å². The van der Waals surface area contributed by atoms with Crippen LogP contribution in [0.5, 0.6) is 0 Å². The molecule has 0 spiro atoms. The highest BCUT2D eigenvalue weighted by Crippen LogP contribution is 2.22. The first-order valence-corrected chi connectivity index (χ1v) is 7.60. The van der Waals surface area contributed by atoms with E-state index >= 15 is 0 Å². The molecule has 112 valence electrons. The number of aryl methyl sites for hydroxylation is 1. The van der Waals surface area contributed by atoms with E-state index in [2.05, 4.69) is 37.6 Å². The third-order valence-electron chi connectivity index (χ3n) is 4.35. The number of nitrogens with one attached hydrogen (secondary N) is 1. The van der Waals surface area contributed by atoms with Gasteiger partial charge < -0.3 is 14.8 Å². The SMILES string of the molecule is CN[C@H]1CCCN(C(=O)c2cc(C)n(C(C)C)c2C)C1. The van der Waals surface area contributed by atoms with Crippen LogP contribution in [0.25, 0.3) is 0 Å². The number of hydrogen-bond acceptors (Lipinski definition) is 2. The molecule has 1 saturated heterocycles. The molecular weight excluding hydrogens is 250 g/mol. The summed E-state index contributed by atoms with van der Waals surface area (Å²) in [6.07, 6.45) is 2.24. The molecule has 0 radical (unpaired) electrons. The van der Waals surface area contributed by atoms with Gasteiger partial charge in [0.1, 0.15) is 0 Å². The normalized spacial score (nSPS) is 19.7. The zero-order chi connectivity index (χ0) is 14.9. The Labute approximate surface area is 122 Å². The Morgan fingerprint density at radius 1 is 1.40 bits per heavy atom. The smallest absolute Gasteiger partial charge is 0.255 e. The summed E-state index contributed by atoms with van der Waals surface area (Å²) < 4.78 is 2.24. The minimum absolute atomic E-state index is 0.185. The van der Waals surface area contributed by atoms with E-state index in [-0.39, 0.29) is 5.91 Å². The standard InChI is InChI=1S/C16H27N3O/c1-11(2)19-12(3)9-15(13(19)4)16(20)18-8-6-7-14(10-18)17-5/h9,11,14,17H,6-8,10H2,1-5H3/t14-/m0/s1. The van der Waals surface area contributed by atoms with Crippen LogP contribution in [-0.2, 0) is 0 Å². The number of rotatable bonds is 3. The number of carbonyl (C=O) groups is 1. The van der Waals surface area contributed by atoms with E-state index < -0.39 is 0 Å². The molecule has 2 rings (SSSR count). The minimum atomic E-state index is 0.185. The molecule has 4 nitrogen and oxygen atoms in total. The van der Waals surface area contributed by atoms with E-state index in [1.165, 1.54) is 5.69 Å². The van der Waals surface area contributed by atoms with Crippen LogP contribution < -0.4 is 5.32 Å². The van der Waals surface area contributed by atoms with Gasteiger partial charge in [0.15, 0.2) is 0 Å². The lowest BCUT2D eigenvalue weighted by Gasteiger charge is -2.32. The number of nitrogens with zero attached hydrogens (tertiary/aromatic N) is 2. The lowest BCUT2D eigenvalue weighted by atomic mass is 10.0. The molecule has 20 heavy (non-hydrogen) atoms. The average Bonchev–Trinajstić information content (AvgIpc) is 2.73. The van der Waals surface area contributed by atoms with Crippen LogP contribution in [-0.4, -0.2) is 41.6 Å². The van der Waals surface area contributed by atoms with E-state index in [9.17, 15) is 4.79 Å². The van der Waals surface area contributed by atoms with Crippen LogP contribution in [0.1, 0.15) is 54.5 Å². The quantitative estimate of drug-likeness (QED) is 0.922. The van der Waals surface area contributed by atoms with Crippen molar-refractivity contribution in [3.05, 3.63) is 23.0 Å². The fourth-order valence-corrected chi connectivity index (χ4v) is 3.36. The Bertz CT molecular complexity index is 490. The molecule has 0 aliphatic carbocycles. The number of piperidine rings is 1. The van der Waals surface area contributed by atoms with Crippen LogP contribution >= 0.6 is 0 Å². The molecule has 1 N–H and O–H groups in total. The predicted molar refractivity (Wildman–Crippen MR) is 82.3 cm³/mol. The van der Waals surface area contributed by atoms with Gasteiger partial charge in [-0.15, -0.1) is 0 Å². The molecule has 1 atom stereocenters. The van der Waals surface area contributed by atoms with Gasteiger partial charge in [-0.2, -0.15) is 0 Å². The highest BCUT2D eigenvalue weighted by Gasteiger charge is 2.26. The van der Waals surface area contributed by atoms with Crippen molar-refractivity contribution in [2.75, 3.05) is 20.1 Å². The molecule has 0 saturated carbocycles. The first kappa shape index (κ1) is 15.1. The van der Waals surface area contributed by atoms with Crippen LogP contribution in [0.15, 0.2) is 6.07 Å². The first-order chi connectivity index (χ1) is 9.45. The fraction of sp³-hybridized carbons (Fsp3) is 0.688. The van der Waals surface area contributed by atoms with Crippen molar-refractivity contribution in [1.82, 2.24) is 14.8 Å². The second-order valence-corrected chi connectivity index (χ2v) is 6.13. The van der Waals surface area contributed by atoms with Crippen molar-refractivity contribution >= 4 is 5.91 Å². The number of likely N-dealkylation sites (tertiary alicyclic amines) is 1. The Kier molecular flexibility index (Phi) is 4.53. The molecule has 1 aromatic rings. The van der Waals surface area contributed by atoms with Gasteiger partial charge in [-0.05, 0) is 53.7 Å². The third-order valence-corrected chi connectivity index (χ3v) is 4.35. The van der Waals surface area contributed by atoms with Gasteiger partial charge in [0.25, 0.3) is 5.91 Å². The van der Waals surface area contributed by atoms with Gasteiger partial charge in [-0.3, -0.25) is 4.79 Å². The number of carbonyl (C=O) groups excluding carboxylic acids is 1. The first-order valence-electron chi connectivity index (χ1n) is 7.60. The Morgan fingerprint density at radius 2 is 2.10 bits per heavy atom. The van der Waals surface area contributed by atoms with Crippen molar-refractivity contribution in [2.45, 2.75) is 52.6 Å². The summed E-state index contributed by atoms with van der Waals surface area (Å²) in [5.74, 6) is 0.185. The summed E-state index contributed by atoms with van der Waals surface area (Å²) in [7, 11) is 1.98. The van der Waals surface area contributed by atoms with Crippen molar-refractivity contribution in [3.8, 4) is 0 Å². The number of likely N-dealkylation sites (N-methyl/N-ethyl adjacent to an activating group) is 1. The van der Waals surface area contributed by atoms with Crippen molar-refractivity contribution in [1.29, 1.82) is 0 Å². The Morgan fingerprint density at radius 3 is 2.65 bits per heavy atom. The summed E-state index contributed by atoms with van der Waals surface area (Å²) in [4.78, 5) is 14.8. The van der Waals surface area contributed by atoms with Crippen LogP contribution in [0.3, 0.4) is 0 Å². The molecule has 1 amide bonds. The summed E-state index contributed by atoms with van der Waals surface area (Å²) in [5.41, 5.74) is 3.13. The van der Waals surface area contributed by atoms with E-state index in [1.807, 2.05) is 18.0 Å². The predicted octanol–water partition coefficient (Wildman–Crippen LogP) is 2.51. The molecule has 1 fully saturated rings. The third kappa shape index (κ3) is 2.75. The molecule has 1 aromatic heterocycles. The second kappa shape index (κ2) is 6.00. The molecule has 4 heteroatoms. The van der Waals surface area contributed by atoms with Crippen molar-refractivity contribution in [3.63, 3.8) is 0 Å². The van der Waals surface area contributed by atoms with Gasteiger partial charge in [0.2, 0.25) is 0 Å². The fourth-order valence-electron chi connectivity index (χ4n) is 3.36. The molecule has 2 heterocycles. The monoisotopic (exact) mass is 277 g/mol. The zero-order valence-electron chi connectivity index (χ0n) is 13.4. The Hall–Kier alpha value is -1.29. The summed E-state index contributed by atoms with van der Waals surface area (Å²) in [6.45, 7) is 10.2. The molecule has 0 unspecified atom stereocenters. The van der Waals surface area contributed by atoms with E-state index in [0.717, 1.165) is 37.2 Å². The molecular formula is C16H27N3O. The van der Waals surface area contributed by atoms with Gasteiger partial charge >= 0.3 is 0 Å². The lowest BCUT2D eigenvalue weighted by molar-refractivity contribution is 0.0697. The van der Waals surface area contributed by atoms with Gasteiger partial charge in [0.05, 0.1) is 5.56 Å². The maximum Gasteiger partial charge on any atom is 0.255 e. The number of amides is 1. The highest BCUT2D eigenvalue weighted by molar-refractivity contribution is 5.95. The minimum Gasteiger partial charge on any atom is -0.346 e. The van der Waals surface area contributed by atoms with E-state index in [1.54, 1.807) is 0 Å². The van der Waals surface area contributed by atoms with Crippen LogP contribution in [0, 0.1) is 13.8 Å². The number of hydrogen-bond donors (Lipinski definition) is 1. The van der Waals surface area contributed by atoms with Crippen molar-refractivity contribution < 1.29 is 4.79 Å². The van der Waals surface area contributed by atoms with Crippen LogP contribution in [0.2, 0.25) is 0 Å².